The average Bonchev–Trinajstić information content (AvgIpc) is 2.60. The van der Waals surface area contributed by atoms with Crippen LogP contribution in [0.1, 0.15) is 12.0 Å². The molecule has 1 aromatic rings. The molecule has 0 radical (unpaired) electrons. The first-order valence-corrected chi connectivity index (χ1v) is 5.84. The summed E-state index contributed by atoms with van der Waals surface area (Å²) < 4.78 is 11.2. The van der Waals surface area contributed by atoms with E-state index < -0.39 is 0 Å². The zero-order valence-corrected chi connectivity index (χ0v) is 10.3. The molecule has 2 amide bonds. The number of rotatable bonds is 2. The van der Waals surface area contributed by atoms with Crippen molar-refractivity contribution in [3.8, 4) is 11.5 Å². The Morgan fingerprint density at radius 2 is 2.17 bits per heavy atom. The van der Waals surface area contributed by atoms with E-state index in [1.54, 1.807) is 19.2 Å². The molecule has 98 valence electrons. The van der Waals surface area contributed by atoms with E-state index in [4.69, 9.17) is 15.2 Å². The van der Waals surface area contributed by atoms with Gasteiger partial charge < -0.3 is 25.8 Å². The Kier molecular flexibility index (Phi) is 3.76. The van der Waals surface area contributed by atoms with Gasteiger partial charge in [-0.1, -0.05) is 0 Å². The Hall–Kier alpha value is -2.11. The minimum absolute atomic E-state index is 0.249. The van der Waals surface area contributed by atoms with E-state index in [2.05, 4.69) is 10.6 Å². The van der Waals surface area contributed by atoms with Gasteiger partial charge in [-0.05, 0) is 6.07 Å². The number of carbonyl (C=O) groups is 1. The van der Waals surface area contributed by atoms with Crippen molar-refractivity contribution in [2.75, 3.05) is 26.0 Å². The van der Waals surface area contributed by atoms with Gasteiger partial charge >= 0.3 is 6.03 Å². The minimum Gasteiger partial charge on any atom is -0.489 e. The third-order valence-electron chi connectivity index (χ3n) is 2.61. The number of nitrogen functional groups attached to an aromatic ring is 1. The van der Waals surface area contributed by atoms with Crippen LogP contribution in [0.5, 0.6) is 11.5 Å². The van der Waals surface area contributed by atoms with Gasteiger partial charge in [-0.15, -0.1) is 0 Å². The zero-order chi connectivity index (χ0) is 13.0. The van der Waals surface area contributed by atoms with Crippen LogP contribution in [-0.2, 0) is 6.54 Å². The number of hydrogen-bond donors (Lipinski definition) is 3. The van der Waals surface area contributed by atoms with Crippen LogP contribution in [0.15, 0.2) is 12.1 Å². The largest absolute Gasteiger partial charge is 0.489 e. The third kappa shape index (κ3) is 2.77. The van der Waals surface area contributed by atoms with Crippen molar-refractivity contribution >= 4 is 11.7 Å². The van der Waals surface area contributed by atoms with Crippen LogP contribution in [0.25, 0.3) is 0 Å². The van der Waals surface area contributed by atoms with Crippen LogP contribution in [0.3, 0.4) is 0 Å². The van der Waals surface area contributed by atoms with Crippen molar-refractivity contribution in [2.45, 2.75) is 13.0 Å². The van der Waals surface area contributed by atoms with Crippen molar-refractivity contribution in [3.63, 3.8) is 0 Å². The molecule has 0 saturated carbocycles. The Balaban J connectivity index is 2.22. The first-order valence-electron chi connectivity index (χ1n) is 5.84. The van der Waals surface area contributed by atoms with Gasteiger partial charge in [0.15, 0.2) is 11.5 Å². The summed E-state index contributed by atoms with van der Waals surface area (Å²) in [5.41, 5.74) is 7.21. The van der Waals surface area contributed by atoms with E-state index in [-0.39, 0.29) is 6.03 Å². The second kappa shape index (κ2) is 5.48. The number of nitrogens with one attached hydrogen (secondary N) is 2. The number of carbonyl (C=O) groups excluding carboxylic acids is 1. The molecular weight excluding hydrogens is 234 g/mol. The van der Waals surface area contributed by atoms with Gasteiger partial charge in [-0.2, -0.15) is 0 Å². The molecule has 0 atom stereocenters. The van der Waals surface area contributed by atoms with Crippen molar-refractivity contribution in [1.29, 1.82) is 0 Å². The van der Waals surface area contributed by atoms with Crippen LogP contribution in [-0.4, -0.2) is 26.3 Å². The fraction of sp³-hybridized carbons (Fsp3) is 0.417. The van der Waals surface area contributed by atoms with Gasteiger partial charge in [0.25, 0.3) is 0 Å². The molecule has 1 aliphatic rings. The van der Waals surface area contributed by atoms with Crippen molar-refractivity contribution in [2.24, 2.45) is 0 Å². The van der Waals surface area contributed by atoms with Crippen molar-refractivity contribution in [3.05, 3.63) is 17.7 Å². The van der Waals surface area contributed by atoms with Crippen molar-refractivity contribution < 1.29 is 14.3 Å². The highest BCUT2D eigenvalue weighted by atomic mass is 16.5. The highest BCUT2D eigenvalue weighted by Crippen LogP contribution is 2.35. The highest BCUT2D eigenvalue weighted by molar-refractivity contribution is 5.73. The fourth-order valence-corrected chi connectivity index (χ4v) is 1.77. The molecule has 2 rings (SSSR count). The molecule has 0 saturated heterocycles. The number of nitrogens with two attached hydrogens (primary N) is 1. The van der Waals surface area contributed by atoms with Gasteiger partial charge in [0.05, 0.1) is 13.2 Å². The quantitative estimate of drug-likeness (QED) is 0.680. The highest BCUT2D eigenvalue weighted by Gasteiger charge is 2.16. The summed E-state index contributed by atoms with van der Waals surface area (Å²) in [6.07, 6.45) is 0.830. The lowest BCUT2D eigenvalue weighted by Crippen LogP contribution is -2.32. The molecule has 0 aromatic heterocycles. The summed E-state index contributed by atoms with van der Waals surface area (Å²) in [5, 5.41) is 5.19. The molecule has 0 aliphatic carbocycles. The Morgan fingerprint density at radius 1 is 1.39 bits per heavy atom. The lowest BCUT2D eigenvalue weighted by molar-refractivity contribution is 0.242. The van der Waals surface area contributed by atoms with Gasteiger partial charge in [0, 0.05) is 37.3 Å². The summed E-state index contributed by atoms with van der Waals surface area (Å²) in [6.45, 7) is 1.55. The molecular formula is C12H17N3O3. The van der Waals surface area contributed by atoms with E-state index >= 15 is 0 Å². The number of fused-ring (bicyclic) bond motifs is 1. The second-order valence-corrected chi connectivity index (χ2v) is 3.99. The van der Waals surface area contributed by atoms with E-state index in [1.165, 1.54) is 0 Å². The SMILES string of the molecule is CNC(=O)NCc1cc(N)cc2c1OCCCO2. The summed E-state index contributed by atoms with van der Waals surface area (Å²) in [5.74, 6) is 1.30. The van der Waals surface area contributed by atoms with Crippen LogP contribution in [0.4, 0.5) is 10.5 Å². The predicted molar refractivity (Wildman–Crippen MR) is 67.8 cm³/mol. The van der Waals surface area contributed by atoms with Gasteiger partial charge in [0.2, 0.25) is 0 Å². The lowest BCUT2D eigenvalue weighted by atomic mass is 10.1. The molecule has 0 unspecified atom stereocenters. The summed E-state index contributed by atoms with van der Waals surface area (Å²) in [6, 6.07) is 3.27. The summed E-state index contributed by atoms with van der Waals surface area (Å²) in [7, 11) is 1.56. The van der Waals surface area contributed by atoms with E-state index in [0.717, 1.165) is 12.0 Å². The number of ether oxygens (including phenoxy) is 2. The molecule has 6 nitrogen and oxygen atoms in total. The van der Waals surface area contributed by atoms with Crippen LogP contribution in [0, 0.1) is 0 Å². The minimum atomic E-state index is -0.249. The molecule has 0 bridgehead atoms. The van der Waals surface area contributed by atoms with E-state index in [9.17, 15) is 4.79 Å². The molecule has 1 aliphatic heterocycles. The molecule has 0 fully saturated rings. The first kappa shape index (κ1) is 12.3. The molecule has 18 heavy (non-hydrogen) atoms. The lowest BCUT2D eigenvalue weighted by Gasteiger charge is -2.14. The smallest absolute Gasteiger partial charge is 0.314 e. The summed E-state index contributed by atoms with van der Waals surface area (Å²) >= 11 is 0. The van der Waals surface area contributed by atoms with Crippen LogP contribution >= 0.6 is 0 Å². The normalized spacial score (nSPS) is 13.6. The molecule has 1 aromatic carbocycles. The van der Waals surface area contributed by atoms with Gasteiger partial charge in [-0.3, -0.25) is 0 Å². The average molecular weight is 251 g/mol. The van der Waals surface area contributed by atoms with Crippen LogP contribution in [0.2, 0.25) is 0 Å². The molecule has 1 heterocycles. The number of amides is 2. The van der Waals surface area contributed by atoms with E-state index in [0.29, 0.717) is 36.9 Å². The Morgan fingerprint density at radius 3 is 2.94 bits per heavy atom. The molecule has 6 heteroatoms. The molecule has 0 spiro atoms. The topological polar surface area (TPSA) is 85.6 Å². The Labute approximate surface area is 105 Å². The maximum atomic E-state index is 11.2. The van der Waals surface area contributed by atoms with Gasteiger partial charge in [-0.25, -0.2) is 4.79 Å². The third-order valence-corrected chi connectivity index (χ3v) is 2.61. The van der Waals surface area contributed by atoms with Crippen molar-refractivity contribution in [1.82, 2.24) is 10.6 Å². The predicted octanol–water partition coefficient (Wildman–Crippen LogP) is 0.859. The number of anilines is 1. The number of benzene rings is 1. The number of urea groups is 1. The Bertz CT molecular complexity index is 448. The second-order valence-electron chi connectivity index (χ2n) is 3.99. The maximum Gasteiger partial charge on any atom is 0.314 e. The molecule has 4 N–H and O–H groups in total. The monoisotopic (exact) mass is 251 g/mol. The number of hydrogen-bond acceptors (Lipinski definition) is 4. The fourth-order valence-electron chi connectivity index (χ4n) is 1.77. The first-order chi connectivity index (χ1) is 8.70. The zero-order valence-electron chi connectivity index (χ0n) is 10.3. The van der Waals surface area contributed by atoms with Crippen LogP contribution < -0.4 is 25.8 Å². The standard InChI is InChI=1S/C12H17N3O3/c1-14-12(16)15-7-8-5-9(13)6-10-11(8)18-4-2-3-17-10/h5-6H,2-4,7,13H2,1H3,(H2,14,15,16). The van der Waals surface area contributed by atoms with E-state index in [1.807, 2.05) is 0 Å². The van der Waals surface area contributed by atoms with Gasteiger partial charge in [0.1, 0.15) is 0 Å². The maximum absolute atomic E-state index is 11.2. The summed E-state index contributed by atoms with van der Waals surface area (Å²) in [4.78, 5) is 11.2.